The fourth-order valence-electron chi connectivity index (χ4n) is 3.41. The van der Waals surface area contributed by atoms with E-state index in [1.54, 1.807) is 42.5 Å². The molecule has 0 saturated heterocycles. The summed E-state index contributed by atoms with van der Waals surface area (Å²) in [5.41, 5.74) is 4.05. The van der Waals surface area contributed by atoms with E-state index in [-0.39, 0.29) is 16.3 Å². The van der Waals surface area contributed by atoms with E-state index < -0.39 is 22.5 Å². The molecular weight excluding hydrogens is 498 g/mol. The second-order valence-corrected chi connectivity index (χ2v) is 9.63. The van der Waals surface area contributed by atoms with Crippen LogP contribution in [0.25, 0.3) is 0 Å². The van der Waals surface area contributed by atoms with Gasteiger partial charge >= 0.3 is 0 Å². The fraction of sp³-hybridized carbons (Fsp3) is 0.231. The van der Waals surface area contributed by atoms with Crippen molar-refractivity contribution in [2.45, 2.75) is 11.8 Å². The van der Waals surface area contributed by atoms with Crippen LogP contribution in [-0.2, 0) is 14.8 Å². The van der Waals surface area contributed by atoms with Gasteiger partial charge in [0.25, 0.3) is 15.9 Å². The van der Waals surface area contributed by atoms with E-state index >= 15 is 0 Å². The number of ether oxygens (including phenoxy) is 4. The van der Waals surface area contributed by atoms with Crippen LogP contribution in [0.1, 0.15) is 11.1 Å². The molecule has 196 valence electrons. The lowest BCUT2D eigenvalue weighted by Gasteiger charge is -2.25. The number of aryl methyl sites for hydroxylation is 1. The molecule has 0 aliphatic carbocycles. The normalized spacial score (nSPS) is 11.2. The minimum Gasteiger partial charge on any atom is -0.497 e. The van der Waals surface area contributed by atoms with Crippen LogP contribution < -0.4 is 28.7 Å². The van der Waals surface area contributed by atoms with Gasteiger partial charge in [0.2, 0.25) is 0 Å². The molecule has 0 heterocycles. The number of carbonyl (C=O) groups is 1. The molecule has 0 aliphatic heterocycles. The number of hydrogen-bond donors (Lipinski definition) is 1. The Balaban J connectivity index is 1.92. The van der Waals surface area contributed by atoms with Crippen molar-refractivity contribution in [3.05, 3.63) is 71.8 Å². The number of benzene rings is 3. The van der Waals surface area contributed by atoms with Crippen LogP contribution in [0.5, 0.6) is 23.0 Å². The molecule has 1 amide bonds. The minimum absolute atomic E-state index is 0.0182. The third-order valence-corrected chi connectivity index (χ3v) is 7.14. The molecule has 3 rings (SSSR count). The van der Waals surface area contributed by atoms with Gasteiger partial charge in [0.05, 0.1) is 45.2 Å². The predicted molar refractivity (Wildman–Crippen MR) is 141 cm³/mol. The van der Waals surface area contributed by atoms with Gasteiger partial charge in [-0.3, -0.25) is 9.10 Å². The zero-order valence-corrected chi connectivity index (χ0v) is 22.0. The highest BCUT2D eigenvalue weighted by atomic mass is 32.2. The van der Waals surface area contributed by atoms with Crippen LogP contribution in [0, 0.1) is 6.92 Å². The number of nitrogens with zero attached hydrogens (tertiary/aromatic N) is 2. The molecule has 0 fully saturated rings. The number of hydrazone groups is 1. The van der Waals surface area contributed by atoms with Gasteiger partial charge < -0.3 is 18.9 Å². The Morgan fingerprint density at radius 2 is 1.51 bits per heavy atom. The molecular formula is C26H29N3O7S. The van der Waals surface area contributed by atoms with Gasteiger partial charge in [0, 0.05) is 6.07 Å². The van der Waals surface area contributed by atoms with Gasteiger partial charge in [-0.1, -0.05) is 17.7 Å². The van der Waals surface area contributed by atoms with Gasteiger partial charge in [-0.05, 0) is 55.0 Å². The van der Waals surface area contributed by atoms with Gasteiger partial charge in [-0.2, -0.15) is 5.10 Å². The molecule has 3 aromatic carbocycles. The fourth-order valence-corrected chi connectivity index (χ4v) is 4.83. The van der Waals surface area contributed by atoms with E-state index in [1.807, 2.05) is 6.92 Å². The summed E-state index contributed by atoms with van der Waals surface area (Å²) in [5, 5.41) is 3.96. The molecule has 0 saturated carbocycles. The van der Waals surface area contributed by atoms with Crippen molar-refractivity contribution in [3.8, 4) is 23.0 Å². The molecule has 37 heavy (non-hydrogen) atoms. The molecule has 11 heteroatoms. The third kappa shape index (κ3) is 6.50. The first-order chi connectivity index (χ1) is 17.7. The third-order valence-electron chi connectivity index (χ3n) is 5.36. The second-order valence-electron chi connectivity index (χ2n) is 7.77. The number of carbonyl (C=O) groups excluding carboxylic acids is 1. The first-order valence-electron chi connectivity index (χ1n) is 11.1. The summed E-state index contributed by atoms with van der Waals surface area (Å²) in [6.07, 6.45) is 1.41. The number of rotatable bonds is 11. The SMILES string of the molecule is COc1ccc(OC)c(N(CC(=O)N/N=C\c2ccc(OC)c(OC)c2)S(=O)(=O)c2ccc(C)cc2)c1. The highest BCUT2D eigenvalue weighted by Gasteiger charge is 2.30. The summed E-state index contributed by atoms with van der Waals surface area (Å²) in [4.78, 5) is 12.9. The average molecular weight is 528 g/mol. The van der Waals surface area contributed by atoms with Crippen LogP contribution in [0.3, 0.4) is 0 Å². The molecule has 0 bridgehead atoms. The summed E-state index contributed by atoms with van der Waals surface area (Å²) in [7, 11) is 1.75. The largest absolute Gasteiger partial charge is 0.497 e. The summed E-state index contributed by atoms with van der Waals surface area (Å²) in [6, 6.07) is 16.1. The molecule has 3 aromatic rings. The number of hydrogen-bond acceptors (Lipinski definition) is 8. The Kier molecular flexibility index (Phi) is 8.96. The minimum atomic E-state index is -4.16. The van der Waals surface area contributed by atoms with Gasteiger partial charge in [-0.15, -0.1) is 0 Å². The van der Waals surface area contributed by atoms with Crippen molar-refractivity contribution < 1.29 is 32.2 Å². The number of sulfonamides is 1. The molecule has 0 spiro atoms. The van der Waals surface area contributed by atoms with Crippen molar-refractivity contribution >= 4 is 27.8 Å². The molecule has 0 atom stereocenters. The maximum atomic E-state index is 13.7. The Bertz CT molecular complexity index is 1370. The van der Waals surface area contributed by atoms with Crippen LogP contribution in [0.2, 0.25) is 0 Å². The van der Waals surface area contributed by atoms with Crippen molar-refractivity contribution in [2.75, 3.05) is 39.3 Å². The number of methoxy groups -OCH3 is 4. The van der Waals surface area contributed by atoms with Crippen LogP contribution in [0.4, 0.5) is 5.69 Å². The van der Waals surface area contributed by atoms with Crippen molar-refractivity contribution in [1.29, 1.82) is 0 Å². The lowest BCUT2D eigenvalue weighted by atomic mass is 10.2. The van der Waals surface area contributed by atoms with Crippen LogP contribution in [-0.4, -0.2) is 55.5 Å². The van der Waals surface area contributed by atoms with E-state index in [4.69, 9.17) is 18.9 Å². The lowest BCUT2D eigenvalue weighted by Crippen LogP contribution is -2.39. The lowest BCUT2D eigenvalue weighted by molar-refractivity contribution is -0.119. The highest BCUT2D eigenvalue weighted by Crippen LogP contribution is 2.35. The number of amides is 1. The number of anilines is 1. The predicted octanol–water partition coefficient (Wildman–Crippen LogP) is 3.38. The monoisotopic (exact) mass is 527 g/mol. The maximum absolute atomic E-state index is 13.7. The molecule has 10 nitrogen and oxygen atoms in total. The van der Waals surface area contributed by atoms with Crippen LogP contribution >= 0.6 is 0 Å². The maximum Gasteiger partial charge on any atom is 0.264 e. The zero-order chi connectivity index (χ0) is 27.0. The number of nitrogens with one attached hydrogen (secondary N) is 1. The van der Waals surface area contributed by atoms with E-state index in [0.717, 1.165) is 9.87 Å². The first-order valence-corrected chi connectivity index (χ1v) is 12.5. The second kappa shape index (κ2) is 12.1. The molecule has 0 radical (unpaired) electrons. The molecule has 0 aromatic heterocycles. The summed E-state index contributed by atoms with van der Waals surface area (Å²) >= 11 is 0. The highest BCUT2D eigenvalue weighted by molar-refractivity contribution is 7.92. The first kappa shape index (κ1) is 27.3. The Morgan fingerprint density at radius 1 is 0.865 bits per heavy atom. The average Bonchev–Trinajstić information content (AvgIpc) is 2.91. The topological polar surface area (TPSA) is 116 Å². The Hall–Kier alpha value is -4.25. The molecule has 0 aliphatic rings. The molecule has 1 N–H and O–H groups in total. The molecule has 0 unspecified atom stereocenters. The van der Waals surface area contributed by atoms with Gasteiger partial charge in [0.15, 0.2) is 11.5 Å². The van der Waals surface area contributed by atoms with Crippen molar-refractivity contribution in [3.63, 3.8) is 0 Å². The summed E-state index contributed by atoms with van der Waals surface area (Å²) < 4.78 is 49.4. The standard InChI is InChI=1S/C26H29N3O7S/c1-18-6-10-21(11-7-18)37(31,32)29(22-15-20(33-2)9-13-23(22)34-3)17-26(30)28-27-16-19-8-12-24(35-4)25(14-19)36-5/h6-16H,17H2,1-5H3,(H,28,30)/b27-16-. The van der Waals surface area contributed by atoms with E-state index in [9.17, 15) is 13.2 Å². The Labute approximate surface area is 216 Å². The van der Waals surface area contributed by atoms with Gasteiger partial charge in [-0.25, -0.2) is 13.8 Å². The van der Waals surface area contributed by atoms with Crippen LogP contribution in [0.15, 0.2) is 70.7 Å². The van der Waals surface area contributed by atoms with E-state index in [1.165, 1.54) is 52.9 Å². The van der Waals surface area contributed by atoms with Crippen molar-refractivity contribution in [1.82, 2.24) is 5.43 Å². The summed E-state index contributed by atoms with van der Waals surface area (Å²) in [6.45, 7) is 1.28. The smallest absolute Gasteiger partial charge is 0.264 e. The zero-order valence-electron chi connectivity index (χ0n) is 21.2. The summed E-state index contributed by atoms with van der Waals surface area (Å²) in [5.74, 6) is 1.02. The van der Waals surface area contributed by atoms with E-state index in [2.05, 4.69) is 10.5 Å². The van der Waals surface area contributed by atoms with E-state index in [0.29, 0.717) is 22.8 Å². The quantitative estimate of drug-likeness (QED) is 0.300. The van der Waals surface area contributed by atoms with Gasteiger partial charge in [0.1, 0.15) is 18.0 Å². The van der Waals surface area contributed by atoms with Crippen molar-refractivity contribution in [2.24, 2.45) is 5.10 Å². The Morgan fingerprint density at radius 3 is 2.14 bits per heavy atom.